The molecular formula is C18H17N7. The SMILES string of the molecule is Cc1nc2ncnn2c(N2CCc3nc4ncccc4cc3C2)c1C. The number of aromatic nitrogens is 6. The van der Waals surface area contributed by atoms with Crippen LogP contribution in [0, 0.1) is 13.8 Å². The Labute approximate surface area is 144 Å². The normalized spacial score (nSPS) is 14.2. The average molecular weight is 331 g/mol. The first kappa shape index (κ1) is 14.3. The Hall–Kier alpha value is -3.09. The Bertz CT molecular complexity index is 1120. The van der Waals surface area contributed by atoms with Crippen molar-refractivity contribution >= 4 is 22.6 Å². The monoisotopic (exact) mass is 331 g/mol. The lowest BCUT2D eigenvalue weighted by molar-refractivity contribution is 0.685. The minimum atomic E-state index is 0.643. The lowest BCUT2D eigenvalue weighted by Gasteiger charge is -2.31. The molecular weight excluding hydrogens is 314 g/mol. The van der Waals surface area contributed by atoms with Crippen LogP contribution < -0.4 is 4.90 Å². The predicted molar refractivity (Wildman–Crippen MR) is 94.5 cm³/mol. The molecule has 5 rings (SSSR count). The van der Waals surface area contributed by atoms with Gasteiger partial charge in [-0.25, -0.2) is 15.0 Å². The van der Waals surface area contributed by atoms with Crippen molar-refractivity contribution in [1.29, 1.82) is 0 Å². The van der Waals surface area contributed by atoms with Gasteiger partial charge in [0.2, 0.25) is 0 Å². The van der Waals surface area contributed by atoms with Gasteiger partial charge in [-0.1, -0.05) is 0 Å². The molecule has 0 spiro atoms. The molecule has 4 aromatic heterocycles. The summed E-state index contributed by atoms with van der Waals surface area (Å²) in [5.74, 6) is 1.71. The second-order valence-electron chi connectivity index (χ2n) is 6.43. The van der Waals surface area contributed by atoms with Crippen LogP contribution in [-0.2, 0) is 13.0 Å². The van der Waals surface area contributed by atoms with Gasteiger partial charge in [0.15, 0.2) is 5.65 Å². The van der Waals surface area contributed by atoms with Crippen molar-refractivity contribution < 1.29 is 0 Å². The van der Waals surface area contributed by atoms with Crippen LogP contribution in [0.25, 0.3) is 16.8 Å². The van der Waals surface area contributed by atoms with Crippen LogP contribution in [0.15, 0.2) is 30.7 Å². The Balaban J connectivity index is 1.63. The molecule has 0 bridgehead atoms. The highest BCUT2D eigenvalue weighted by molar-refractivity contribution is 5.75. The molecule has 0 unspecified atom stereocenters. The third kappa shape index (κ3) is 2.15. The first-order valence-corrected chi connectivity index (χ1v) is 8.36. The van der Waals surface area contributed by atoms with Gasteiger partial charge in [-0.3, -0.25) is 0 Å². The molecule has 0 aliphatic carbocycles. The van der Waals surface area contributed by atoms with Gasteiger partial charge in [0.25, 0.3) is 5.78 Å². The Morgan fingerprint density at radius 2 is 2.04 bits per heavy atom. The van der Waals surface area contributed by atoms with Gasteiger partial charge >= 0.3 is 0 Å². The van der Waals surface area contributed by atoms with Gasteiger partial charge in [-0.2, -0.15) is 14.6 Å². The summed E-state index contributed by atoms with van der Waals surface area (Å²) in [5, 5.41) is 5.46. The molecule has 0 aromatic carbocycles. The number of hydrogen-bond acceptors (Lipinski definition) is 6. The first-order chi connectivity index (χ1) is 12.2. The molecule has 7 heteroatoms. The highest BCUT2D eigenvalue weighted by Gasteiger charge is 2.23. The minimum Gasteiger partial charge on any atom is -0.351 e. The van der Waals surface area contributed by atoms with E-state index in [0.717, 1.165) is 53.3 Å². The number of aryl methyl sites for hydroxylation is 1. The molecule has 5 heterocycles. The summed E-state index contributed by atoms with van der Waals surface area (Å²) in [4.78, 5) is 20.2. The number of pyridine rings is 2. The van der Waals surface area contributed by atoms with Crippen LogP contribution in [0.2, 0.25) is 0 Å². The number of anilines is 1. The second-order valence-corrected chi connectivity index (χ2v) is 6.43. The third-order valence-corrected chi connectivity index (χ3v) is 4.91. The number of hydrogen-bond donors (Lipinski definition) is 0. The molecule has 0 saturated heterocycles. The highest BCUT2D eigenvalue weighted by atomic mass is 15.4. The van der Waals surface area contributed by atoms with Crippen LogP contribution in [0.3, 0.4) is 0 Å². The number of nitrogens with zero attached hydrogens (tertiary/aromatic N) is 7. The van der Waals surface area contributed by atoms with Crippen molar-refractivity contribution in [3.63, 3.8) is 0 Å². The predicted octanol–water partition coefficient (Wildman–Crippen LogP) is 2.25. The molecule has 0 N–H and O–H groups in total. The summed E-state index contributed by atoms with van der Waals surface area (Å²) in [5.41, 5.74) is 5.33. The molecule has 0 radical (unpaired) electrons. The zero-order valence-electron chi connectivity index (χ0n) is 14.1. The van der Waals surface area contributed by atoms with Gasteiger partial charge in [0.05, 0.1) is 0 Å². The van der Waals surface area contributed by atoms with E-state index in [1.807, 2.05) is 17.5 Å². The standard InChI is InChI=1S/C18H17N7/c1-11-12(2)22-18-20-10-21-25(18)17(11)24-7-5-15-14(9-24)8-13-4-3-6-19-16(13)23-15/h3-4,6,8,10H,5,7,9H2,1-2H3. The van der Waals surface area contributed by atoms with Crippen LogP contribution in [0.5, 0.6) is 0 Å². The van der Waals surface area contributed by atoms with Gasteiger partial charge < -0.3 is 4.90 Å². The summed E-state index contributed by atoms with van der Waals surface area (Å²) in [6.07, 6.45) is 4.24. The maximum Gasteiger partial charge on any atom is 0.254 e. The van der Waals surface area contributed by atoms with Crippen LogP contribution in [-0.4, -0.2) is 36.1 Å². The van der Waals surface area contributed by atoms with Crippen molar-refractivity contribution in [2.24, 2.45) is 0 Å². The minimum absolute atomic E-state index is 0.643. The van der Waals surface area contributed by atoms with E-state index in [0.29, 0.717) is 5.78 Å². The smallest absolute Gasteiger partial charge is 0.254 e. The maximum atomic E-state index is 4.75. The van der Waals surface area contributed by atoms with E-state index in [1.165, 1.54) is 5.56 Å². The van der Waals surface area contributed by atoms with E-state index < -0.39 is 0 Å². The second kappa shape index (κ2) is 5.20. The molecule has 4 aromatic rings. The quantitative estimate of drug-likeness (QED) is 0.533. The molecule has 124 valence electrons. The molecule has 0 amide bonds. The van der Waals surface area contributed by atoms with E-state index in [9.17, 15) is 0 Å². The molecule has 1 aliphatic heterocycles. The van der Waals surface area contributed by atoms with Crippen molar-refractivity contribution in [3.8, 4) is 0 Å². The van der Waals surface area contributed by atoms with Gasteiger partial charge in [-0.15, -0.1) is 0 Å². The number of rotatable bonds is 1. The van der Waals surface area contributed by atoms with Crippen molar-refractivity contribution in [2.75, 3.05) is 11.4 Å². The molecule has 0 atom stereocenters. The Morgan fingerprint density at radius 1 is 1.12 bits per heavy atom. The lowest BCUT2D eigenvalue weighted by Crippen LogP contribution is -2.33. The van der Waals surface area contributed by atoms with Gasteiger partial charge in [0, 0.05) is 48.0 Å². The van der Waals surface area contributed by atoms with E-state index >= 15 is 0 Å². The molecule has 0 saturated carbocycles. The zero-order valence-corrected chi connectivity index (χ0v) is 14.1. The molecule has 1 aliphatic rings. The molecule has 7 nitrogen and oxygen atoms in total. The van der Waals surface area contributed by atoms with Crippen LogP contribution in [0.4, 0.5) is 5.82 Å². The Morgan fingerprint density at radius 3 is 2.96 bits per heavy atom. The summed E-state index contributed by atoms with van der Waals surface area (Å²) >= 11 is 0. The van der Waals surface area contributed by atoms with Crippen molar-refractivity contribution in [3.05, 3.63) is 53.2 Å². The molecule has 0 fully saturated rings. The maximum absolute atomic E-state index is 4.75. The Kier molecular flexibility index (Phi) is 2.97. The molecule has 25 heavy (non-hydrogen) atoms. The van der Waals surface area contributed by atoms with E-state index in [4.69, 9.17) is 4.98 Å². The highest BCUT2D eigenvalue weighted by Crippen LogP contribution is 2.28. The van der Waals surface area contributed by atoms with Crippen molar-refractivity contribution in [2.45, 2.75) is 26.8 Å². The van der Waals surface area contributed by atoms with Crippen LogP contribution >= 0.6 is 0 Å². The third-order valence-electron chi connectivity index (χ3n) is 4.91. The first-order valence-electron chi connectivity index (χ1n) is 8.36. The fourth-order valence-electron chi connectivity index (χ4n) is 3.53. The summed E-state index contributed by atoms with van der Waals surface area (Å²) in [7, 11) is 0. The van der Waals surface area contributed by atoms with Crippen LogP contribution in [0.1, 0.15) is 22.5 Å². The lowest BCUT2D eigenvalue weighted by atomic mass is 10.0. The zero-order chi connectivity index (χ0) is 17.0. The summed E-state index contributed by atoms with van der Waals surface area (Å²) in [6, 6.07) is 6.22. The fraction of sp³-hybridized carbons (Fsp3) is 0.278. The summed E-state index contributed by atoms with van der Waals surface area (Å²) < 4.78 is 1.84. The van der Waals surface area contributed by atoms with E-state index in [2.05, 4.69) is 44.0 Å². The average Bonchev–Trinajstić information content (AvgIpc) is 3.08. The van der Waals surface area contributed by atoms with Gasteiger partial charge in [-0.05, 0) is 37.6 Å². The van der Waals surface area contributed by atoms with Crippen molar-refractivity contribution in [1.82, 2.24) is 29.5 Å². The largest absolute Gasteiger partial charge is 0.351 e. The topological polar surface area (TPSA) is 72.1 Å². The van der Waals surface area contributed by atoms with Gasteiger partial charge in [0.1, 0.15) is 12.1 Å². The summed E-state index contributed by atoms with van der Waals surface area (Å²) in [6.45, 7) is 5.80. The van der Waals surface area contributed by atoms with E-state index in [1.54, 1.807) is 12.5 Å². The fourth-order valence-corrected chi connectivity index (χ4v) is 3.53. The van der Waals surface area contributed by atoms with E-state index in [-0.39, 0.29) is 0 Å². The number of fused-ring (bicyclic) bond motifs is 3.